The highest BCUT2D eigenvalue weighted by Gasteiger charge is 2.28. The largest absolute Gasteiger partial charge is 0.393 e. The van der Waals surface area contributed by atoms with Crippen LogP contribution in [0.4, 0.5) is 9.18 Å². The number of halogens is 1. The number of morpholine rings is 1. The lowest BCUT2D eigenvalue weighted by molar-refractivity contribution is -0.00425. The van der Waals surface area contributed by atoms with Gasteiger partial charge in [0.25, 0.3) is 0 Å². The minimum absolute atomic E-state index is 0.115. The van der Waals surface area contributed by atoms with E-state index in [2.05, 4.69) is 10.3 Å². The van der Waals surface area contributed by atoms with Crippen LogP contribution in [0.1, 0.15) is 18.9 Å². The minimum Gasteiger partial charge on any atom is -0.393 e. The van der Waals surface area contributed by atoms with Crippen LogP contribution in [-0.4, -0.2) is 59.5 Å². The molecule has 0 aliphatic carbocycles. The minimum atomic E-state index is -0.483. The molecule has 136 valence electrons. The second kappa shape index (κ2) is 7.84. The van der Waals surface area contributed by atoms with Crippen LogP contribution in [0, 0.1) is 5.82 Å². The van der Waals surface area contributed by atoms with E-state index in [9.17, 15) is 14.3 Å². The zero-order valence-corrected chi connectivity index (χ0v) is 14.3. The van der Waals surface area contributed by atoms with Crippen LogP contribution in [0.2, 0.25) is 0 Å². The summed E-state index contributed by atoms with van der Waals surface area (Å²) in [5.74, 6) is -0.272. The molecule has 0 unspecified atom stereocenters. The summed E-state index contributed by atoms with van der Waals surface area (Å²) in [7, 11) is 0. The highest BCUT2D eigenvalue weighted by Crippen LogP contribution is 2.19. The van der Waals surface area contributed by atoms with Crippen molar-refractivity contribution in [2.24, 2.45) is 0 Å². The van der Waals surface area contributed by atoms with Gasteiger partial charge in [-0.2, -0.15) is 0 Å². The van der Waals surface area contributed by atoms with Gasteiger partial charge in [-0.05, 0) is 43.5 Å². The van der Waals surface area contributed by atoms with Crippen molar-refractivity contribution in [2.75, 3.05) is 26.3 Å². The Labute approximate surface area is 146 Å². The van der Waals surface area contributed by atoms with Crippen LogP contribution in [-0.2, 0) is 11.2 Å². The summed E-state index contributed by atoms with van der Waals surface area (Å²) in [5, 5.41) is 13.3. The number of benzene rings is 1. The summed E-state index contributed by atoms with van der Waals surface area (Å²) in [6.07, 6.45) is 2.47. The number of carbonyl (C=O) groups excluding carboxylic acids is 1. The average Bonchev–Trinajstić information content (AvgIpc) is 2.97. The molecule has 1 saturated heterocycles. The number of rotatable bonds is 5. The van der Waals surface area contributed by atoms with Crippen molar-refractivity contribution in [1.29, 1.82) is 0 Å². The highest BCUT2D eigenvalue weighted by molar-refractivity contribution is 5.83. The first kappa shape index (κ1) is 17.7. The molecule has 2 heterocycles. The summed E-state index contributed by atoms with van der Waals surface area (Å²) in [6, 6.07) is 4.37. The van der Waals surface area contributed by atoms with Crippen LogP contribution in [0.15, 0.2) is 24.4 Å². The van der Waals surface area contributed by atoms with E-state index in [4.69, 9.17) is 4.74 Å². The highest BCUT2D eigenvalue weighted by atomic mass is 19.1. The zero-order valence-electron chi connectivity index (χ0n) is 14.3. The van der Waals surface area contributed by atoms with Crippen molar-refractivity contribution in [3.63, 3.8) is 0 Å². The summed E-state index contributed by atoms with van der Waals surface area (Å²) in [4.78, 5) is 17.3. The molecule has 25 heavy (non-hydrogen) atoms. The topological polar surface area (TPSA) is 77.6 Å². The maximum atomic E-state index is 13.4. The number of aliphatic hydroxyl groups excluding tert-OH is 1. The molecule has 2 amide bonds. The fourth-order valence-electron chi connectivity index (χ4n) is 3.27. The number of hydrogen-bond acceptors (Lipinski definition) is 3. The van der Waals surface area contributed by atoms with E-state index in [0.29, 0.717) is 39.1 Å². The summed E-state index contributed by atoms with van der Waals surface area (Å²) >= 11 is 0. The fraction of sp³-hybridized carbons (Fsp3) is 0.500. The molecule has 1 aliphatic heterocycles. The molecule has 0 radical (unpaired) electrons. The maximum Gasteiger partial charge on any atom is 0.317 e. The van der Waals surface area contributed by atoms with Crippen LogP contribution < -0.4 is 5.32 Å². The molecule has 2 aromatic rings. The van der Waals surface area contributed by atoms with Crippen LogP contribution >= 0.6 is 0 Å². The Morgan fingerprint density at radius 1 is 1.56 bits per heavy atom. The van der Waals surface area contributed by atoms with Gasteiger partial charge in [-0.1, -0.05) is 0 Å². The fourth-order valence-corrected chi connectivity index (χ4v) is 3.27. The predicted molar refractivity (Wildman–Crippen MR) is 93.0 cm³/mol. The number of amides is 2. The van der Waals surface area contributed by atoms with E-state index in [1.807, 2.05) is 6.20 Å². The molecule has 3 N–H and O–H groups in total. The Kier molecular flexibility index (Phi) is 5.55. The Morgan fingerprint density at radius 2 is 2.40 bits per heavy atom. The third-order valence-electron chi connectivity index (χ3n) is 4.50. The lowest BCUT2D eigenvalue weighted by Gasteiger charge is -2.36. The second-order valence-electron chi connectivity index (χ2n) is 6.49. The molecule has 7 heteroatoms. The third-order valence-corrected chi connectivity index (χ3v) is 4.50. The van der Waals surface area contributed by atoms with Crippen molar-refractivity contribution in [2.45, 2.75) is 31.9 Å². The quantitative estimate of drug-likeness (QED) is 0.773. The van der Waals surface area contributed by atoms with Crippen molar-refractivity contribution in [3.05, 3.63) is 35.8 Å². The number of urea groups is 1. The SMILES string of the molecule is C[C@@H](O)C[C@@H]1COCCN1C(=O)NCCc1c[nH]c2ccc(F)cc12. The first-order chi connectivity index (χ1) is 12.0. The third kappa shape index (κ3) is 4.29. The standard InChI is InChI=1S/C18H24FN3O3/c1-12(23)8-15-11-25-7-6-22(15)18(24)20-5-4-13-10-21-17-3-2-14(19)9-16(13)17/h2-3,9-10,12,15,21,23H,4-8,11H2,1H3,(H,20,24)/t12-,15-/m1/s1. The van der Waals surface area contributed by atoms with Gasteiger partial charge in [-0.25, -0.2) is 9.18 Å². The van der Waals surface area contributed by atoms with Crippen molar-refractivity contribution in [3.8, 4) is 0 Å². The molecule has 1 fully saturated rings. The molecule has 3 rings (SSSR count). The molecule has 2 atom stereocenters. The first-order valence-electron chi connectivity index (χ1n) is 8.60. The Balaban J connectivity index is 1.57. The number of aliphatic hydroxyl groups is 1. The molecule has 1 aromatic heterocycles. The average molecular weight is 349 g/mol. The number of nitrogens with one attached hydrogen (secondary N) is 2. The lowest BCUT2D eigenvalue weighted by atomic mass is 10.1. The smallest absolute Gasteiger partial charge is 0.317 e. The lowest BCUT2D eigenvalue weighted by Crippen LogP contribution is -2.53. The maximum absolute atomic E-state index is 13.4. The van der Waals surface area contributed by atoms with Gasteiger partial charge in [0.1, 0.15) is 5.82 Å². The van der Waals surface area contributed by atoms with Crippen molar-refractivity contribution >= 4 is 16.9 Å². The van der Waals surface area contributed by atoms with E-state index >= 15 is 0 Å². The summed E-state index contributed by atoms with van der Waals surface area (Å²) in [6.45, 7) is 3.63. The number of carbonyl (C=O) groups is 1. The Bertz CT molecular complexity index is 731. The number of aromatic amines is 1. The predicted octanol–water partition coefficient (Wildman–Crippen LogP) is 2.03. The number of H-pyrrole nitrogens is 1. The molecule has 1 aromatic carbocycles. The summed E-state index contributed by atoms with van der Waals surface area (Å²) < 4.78 is 18.8. The zero-order chi connectivity index (χ0) is 17.8. The monoisotopic (exact) mass is 349 g/mol. The molecule has 6 nitrogen and oxygen atoms in total. The molecular formula is C18H24FN3O3. The first-order valence-corrected chi connectivity index (χ1v) is 8.60. The van der Waals surface area contributed by atoms with E-state index in [-0.39, 0.29) is 17.9 Å². The molecule has 0 saturated carbocycles. The van der Waals surface area contributed by atoms with Gasteiger partial charge in [0.05, 0.1) is 25.4 Å². The van der Waals surface area contributed by atoms with Crippen molar-refractivity contribution in [1.82, 2.24) is 15.2 Å². The van der Waals surface area contributed by atoms with E-state index < -0.39 is 6.10 Å². The van der Waals surface area contributed by atoms with Crippen LogP contribution in [0.3, 0.4) is 0 Å². The number of ether oxygens (including phenoxy) is 1. The Morgan fingerprint density at radius 3 is 3.20 bits per heavy atom. The van der Waals surface area contributed by atoms with Gasteiger partial charge in [-0.15, -0.1) is 0 Å². The van der Waals surface area contributed by atoms with Gasteiger partial charge in [-0.3, -0.25) is 0 Å². The van der Waals surface area contributed by atoms with Gasteiger partial charge in [0, 0.05) is 30.2 Å². The van der Waals surface area contributed by atoms with E-state index in [0.717, 1.165) is 16.5 Å². The molecule has 1 aliphatic rings. The molecular weight excluding hydrogens is 325 g/mol. The van der Waals surface area contributed by atoms with Crippen LogP contribution in [0.25, 0.3) is 10.9 Å². The summed E-state index contributed by atoms with van der Waals surface area (Å²) in [5.41, 5.74) is 1.85. The number of aromatic nitrogens is 1. The molecule has 0 bridgehead atoms. The van der Waals surface area contributed by atoms with Gasteiger partial charge in [0.15, 0.2) is 0 Å². The number of nitrogens with zero attached hydrogens (tertiary/aromatic N) is 1. The normalized spacial score (nSPS) is 19.2. The van der Waals surface area contributed by atoms with Gasteiger partial charge in [0.2, 0.25) is 0 Å². The number of fused-ring (bicyclic) bond motifs is 1. The van der Waals surface area contributed by atoms with Crippen molar-refractivity contribution < 1.29 is 19.0 Å². The van der Waals surface area contributed by atoms with Gasteiger partial charge < -0.3 is 25.0 Å². The van der Waals surface area contributed by atoms with E-state index in [1.54, 1.807) is 17.9 Å². The van der Waals surface area contributed by atoms with Gasteiger partial charge >= 0.3 is 6.03 Å². The van der Waals surface area contributed by atoms with E-state index in [1.165, 1.54) is 12.1 Å². The molecule has 0 spiro atoms. The number of hydrogen-bond donors (Lipinski definition) is 3. The second-order valence-corrected chi connectivity index (χ2v) is 6.49. The van der Waals surface area contributed by atoms with Crippen LogP contribution in [0.5, 0.6) is 0 Å². The Hall–Kier alpha value is -2.12.